The third-order valence-corrected chi connectivity index (χ3v) is 3.16. The Hall–Kier alpha value is -2.40. The third kappa shape index (κ3) is 2.23. The van der Waals surface area contributed by atoms with Crippen LogP contribution in [-0.2, 0) is 6.42 Å². The lowest BCUT2D eigenvalue weighted by molar-refractivity contribution is 0.179. The SMILES string of the molecule is CCc1ccc(C(O)c2cnnn2-c2ccccc2)o1. The molecule has 0 fully saturated rings. The van der Waals surface area contributed by atoms with Gasteiger partial charge in [-0.15, -0.1) is 5.10 Å². The van der Waals surface area contributed by atoms with Gasteiger partial charge in [-0.05, 0) is 24.3 Å². The van der Waals surface area contributed by atoms with Gasteiger partial charge in [0.15, 0.2) is 6.10 Å². The molecule has 0 aliphatic heterocycles. The summed E-state index contributed by atoms with van der Waals surface area (Å²) in [6.07, 6.45) is 1.46. The Morgan fingerprint density at radius 3 is 2.70 bits per heavy atom. The zero-order valence-electron chi connectivity index (χ0n) is 11.1. The minimum Gasteiger partial charge on any atom is -0.463 e. The molecule has 3 aromatic rings. The van der Waals surface area contributed by atoms with E-state index in [0.717, 1.165) is 17.9 Å². The molecule has 0 aliphatic rings. The molecule has 1 unspecified atom stereocenters. The van der Waals surface area contributed by atoms with E-state index < -0.39 is 6.10 Å². The van der Waals surface area contributed by atoms with Gasteiger partial charge in [0.1, 0.15) is 17.2 Å². The average molecular weight is 269 g/mol. The van der Waals surface area contributed by atoms with Crippen molar-refractivity contribution < 1.29 is 9.52 Å². The fourth-order valence-corrected chi connectivity index (χ4v) is 2.08. The van der Waals surface area contributed by atoms with Crippen molar-refractivity contribution in [2.45, 2.75) is 19.4 Å². The molecule has 0 saturated heterocycles. The fourth-order valence-electron chi connectivity index (χ4n) is 2.08. The van der Waals surface area contributed by atoms with Crippen molar-refractivity contribution in [3.63, 3.8) is 0 Å². The van der Waals surface area contributed by atoms with Gasteiger partial charge in [-0.25, -0.2) is 4.68 Å². The number of aryl methyl sites for hydroxylation is 1. The number of aliphatic hydroxyl groups excluding tert-OH is 1. The van der Waals surface area contributed by atoms with E-state index in [1.165, 1.54) is 0 Å². The number of aliphatic hydroxyl groups is 1. The Morgan fingerprint density at radius 1 is 1.20 bits per heavy atom. The quantitative estimate of drug-likeness (QED) is 0.790. The molecule has 3 rings (SSSR count). The van der Waals surface area contributed by atoms with Gasteiger partial charge in [0.2, 0.25) is 0 Å². The van der Waals surface area contributed by atoms with Crippen molar-refractivity contribution in [3.8, 4) is 5.69 Å². The molecule has 1 atom stereocenters. The second-order valence-corrected chi connectivity index (χ2v) is 4.47. The maximum absolute atomic E-state index is 10.4. The van der Waals surface area contributed by atoms with E-state index in [1.807, 2.05) is 43.3 Å². The van der Waals surface area contributed by atoms with Gasteiger partial charge in [0.25, 0.3) is 0 Å². The molecule has 0 aliphatic carbocycles. The Balaban J connectivity index is 1.97. The topological polar surface area (TPSA) is 64.1 Å². The number of para-hydroxylation sites is 1. The minimum absolute atomic E-state index is 0.501. The molecule has 0 bridgehead atoms. The average Bonchev–Trinajstić information content (AvgIpc) is 3.16. The van der Waals surface area contributed by atoms with Crippen molar-refractivity contribution in [3.05, 3.63) is 65.9 Å². The van der Waals surface area contributed by atoms with E-state index in [-0.39, 0.29) is 0 Å². The van der Waals surface area contributed by atoms with Crippen LogP contribution in [0.15, 0.2) is 53.1 Å². The Morgan fingerprint density at radius 2 is 2.00 bits per heavy atom. The number of aromatic nitrogens is 3. The lowest BCUT2D eigenvalue weighted by Gasteiger charge is -2.10. The molecule has 2 heterocycles. The van der Waals surface area contributed by atoms with E-state index >= 15 is 0 Å². The van der Waals surface area contributed by atoms with Crippen LogP contribution in [0.5, 0.6) is 0 Å². The predicted octanol–water partition coefficient (Wildman–Crippen LogP) is 2.50. The van der Waals surface area contributed by atoms with Crippen LogP contribution in [0.3, 0.4) is 0 Å². The highest BCUT2D eigenvalue weighted by Crippen LogP contribution is 2.25. The molecule has 102 valence electrons. The first-order valence-electron chi connectivity index (χ1n) is 6.52. The minimum atomic E-state index is -0.884. The molecule has 0 radical (unpaired) electrons. The van der Waals surface area contributed by atoms with Crippen molar-refractivity contribution in [2.24, 2.45) is 0 Å². The number of nitrogens with zero attached hydrogens (tertiary/aromatic N) is 3. The standard InChI is InChI=1S/C15H15N3O2/c1-2-12-8-9-14(20-12)15(19)13-10-16-17-18(13)11-6-4-3-5-7-11/h3-10,15,19H,2H2,1H3. The second-order valence-electron chi connectivity index (χ2n) is 4.47. The maximum Gasteiger partial charge on any atom is 0.155 e. The lowest BCUT2D eigenvalue weighted by Crippen LogP contribution is -2.07. The van der Waals surface area contributed by atoms with Gasteiger partial charge in [-0.3, -0.25) is 0 Å². The summed E-state index contributed by atoms with van der Waals surface area (Å²) in [6.45, 7) is 2.00. The van der Waals surface area contributed by atoms with Crippen LogP contribution in [0.4, 0.5) is 0 Å². The van der Waals surface area contributed by atoms with Gasteiger partial charge in [0, 0.05) is 6.42 Å². The first-order valence-corrected chi connectivity index (χ1v) is 6.52. The van der Waals surface area contributed by atoms with Crippen molar-refractivity contribution in [2.75, 3.05) is 0 Å². The molecule has 5 nitrogen and oxygen atoms in total. The summed E-state index contributed by atoms with van der Waals surface area (Å²) in [7, 11) is 0. The molecule has 5 heteroatoms. The van der Waals surface area contributed by atoms with E-state index in [0.29, 0.717) is 11.5 Å². The van der Waals surface area contributed by atoms with E-state index in [1.54, 1.807) is 16.9 Å². The van der Waals surface area contributed by atoms with E-state index in [9.17, 15) is 5.11 Å². The van der Waals surface area contributed by atoms with Gasteiger partial charge >= 0.3 is 0 Å². The van der Waals surface area contributed by atoms with E-state index in [2.05, 4.69) is 10.3 Å². The molecule has 1 aromatic carbocycles. The monoisotopic (exact) mass is 269 g/mol. The van der Waals surface area contributed by atoms with Gasteiger partial charge < -0.3 is 9.52 Å². The van der Waals surface area contributed by atoms with Crippen LogP contribution in [0.1, 0.15) is 30.2 Å². The van der Waals surface area contributed by atoms with Crippen molar-refractivity contribution in [1.29, 1.82) is 0 Å². The summed E-state index contributed by atoms with van der Waals surface area (Å²) in [5.74, 6) is 1.35. The van der Waals surface area contributed by atoms with Crippen LogP contribution < -0.4 is 0 Å². The predicted molar refractivity (Wildman–Crippen MR) is 73.5 cm³/mol. The maximum atomic E-state index is 10.4. The summed E-state index contributed by atoms with van der Waals surface area (Å²) < 4.78 is 7.20. The van der Waals surface area contributed by atoms with Gasteiger partial charge in [-0.1, -0.05) is 30.3 Å². The molecule has 0 amide bonds. The number of rotatable bonds is 4. The second kappa shape index (κ2) is 5.30. The third-order valence-electron chi connectivity index (χ3n) is 3.16. The highest BCUT2D eigenvalue weighted by Gasteiger charge is 2.20. The first kappa shape index (κ1) is 12.6. The van der Waals surface area contributed by atoms with Gasteiger partial charge in [0.05, 0.1) is 11.9 Å². The van der Waals surface area contributed by atoms with Crippen molar-refractivity contribution >= 4 is 0 Å². The summed E-state index contributed by atoms with van der Waals surface area (Å²) in [5.41, 5.74) is 1.43. The van der Waals surface area contributed by atoms with Gasteiger partial charge in [-0.2, -0.15) is 0 Å². The Bertz CT molecular complexity index is 688. The van der Waals surface area contributed by atoms with Crippen LogP contribution in [0, 0.1) is 0 Å². The van der Waals surface area contributed by atoms with E-state index in [4.69, 9.17) is 4.42 Å². The number of furan rings is 1. The highest BCUT2D eigenvalue weighted by atomic mass is 16.4. The molecule has 1 N–H and O–H groups in total. The summed E-state index contributed by atoms with van der Waals surface area (Å²) in [6, 6.07) is 13.2. The Kier molecular flexibility index (Phi) is 3.35. The molecular weight excluding hydrogens is 254 g/mol. The Labute approximate surface area is 116 Å². The normalized spacial score (nSPS) is 12.5. The zero-order valence-corrected chi connectivity index (χ0v) is 11.1. The van der Waals surface area contributed by atoms with Crippen LogP contribution in [-0.4, -0.2) is 20.1 Å². The summed E-state index contributed by atoms with van der Waals surface area (Å²) in [5, 5.41) is 18.3. The molecule has 2 aromatic heterocycles. The van der Waals surface area contributed by atoms with Crippen LogP contribution in [0.2, 0.25) is 0 Å². The molecule has 20 heavy (non-hydrogen) atoms. The van der Waals surface area contributed by atoms with Crippen molar-refractivity contribution in [1.82, 2.24) is 15.0 Å². The highest BCUT2D eigenvalue weighted by molar-refractivity contribution is 5.33. The molecular formula is C15H15N3O2. The fraction of sp³-hybridized carbons (Fsp3) is 0.200. The lowest BCUT2D eigenvalue weighted by atomic mass is 10.2. The summed E-state index contributed by atoms with van der Waals surface area (Å²) in [4.78, 5) is 0. The largest absolute Gasteiger partial charge is 0.463 e. The smallest absolute Gasteiger partial charge is 0.155 e. The summed E-state index contributed by atoms with van der Waals surface area (Å²) >= 11 is 0. The number of hydrogen-bond acceptors (Lipinski definition) is 4. The van der Waals surface area contributed by atoms with Crippen LogP contribution in [0.25, 0.3) is 5.69 Å². The first-order chi connectivity index (χ1) is 9.79. The van der Waals surface area contributed by atoms with Crippen LogP contribution >= 0.6 is 0 Å². The zero-order chi connectivity index (χ0) is 13.9. The molecule has 0 saturated carbocycles. The number of hydrogen-bond donors (Lipinski definition) is 1. The number of benzene rings is 1. The molecule has 0 spiro atoms.